The van der Waals surface area contributed by atoms with Crippen LogP contribution in [0.2, 0.25) is 0 Å². The van der Waals surface area contributed by atoms with Crippen LogP contribution in [0.3, 0.4) is 0 Å². The van der Waals surface area contributed by atoms with E-state index in [1.54, 1.807) is 24.3 Å². The summed E-state index contributed by atoms with van der Waals surface area (Å²) in [5.74, 6) is -0.998. The summed E-state index contributed by atoms with van der Waals surface area (Å²) in [6.45, 7) is 0. The molecule has 1 N–H and O–H groups in total. The molecule has 0 saturated heterocycles. The minimum absolute atomic E-state index is 0.0665. The topological polar surface area (TPSA) is 92.4 Å². The van der Waals surface area contributed by atoms with Crippen LogP contribution in [0.25, 0.3) is 0 Å². The van der Waals surface area contributed by atoms with Gasteiger partial charge in [-0.15, -0.1) is 0 Å². The van der Waals surface area contributed by atoms with Gasteiger partial charge in [0.2, 0.25) is 0 Å². The summed E-state index contributed by atoms with van der Waals surface area (Å²) in [7, 11) is 2.78. The fraction of sp³-hybridized carbons (Fsp3) is 0.143. The highest BCUT2D eigenvalue weighted by molar-refractivity contribution is 6.08. The van der Waals surface area contributed by atoms with Gasteiger partial charge in [-0.2, -0.15) is 0 Å². The van der Waals surface area contributed by atoms with Crippen molar-refractivity contribution < 1.29 is 14.3 Å². The molecule has 0 unspecified atom stereocenters. The molecule has 0 spiro atoms. The summed E-state index contributed by atoms with van der Waals surface area (Å²) in [6.07, 6.45) is 2.25. The van der Waals surface area contributed by atoms with Crippen molar-refractivity contribution in [2.75, 3.05) is 19.1 Å². The number of para-hydroxylation sites is 1. The van der Waals surface area contributed by atoms with E-state index in [1.165, 1.54) is 25.3 Å². The number of ether oxygens (including phenoxy) is 1. The molecule has 0 saturated carbocycles. The summed E-state index contributed by atoms with van der Waals surface area (Å²) in [5.41, 5.74) is 0.323. The Bertz CT molecular complexity index is 718. The van der Waals surface area contributed by atoms with Crippen molar-refractivity contribution in [3.05, 3.63) is 58.3 Å². The van der Waals surface area contributed by atoms with Crippen molar-refractivity contribution in [1.29, 1.82) is 0 Å². The molecule has 0 bridgehead atoms. The first-order valence-corrected chi connectivity index (χ1v) is 6.04. The number of benzene rings is 1. The summed E-state index contributed by atoms with van der Waals surface area (Å²) < 4.78 is 4.69. The van der Waals surface area contributed by atoms with E-state index < -0.39 is 17.4 Å². The summed E-state index contributed by atoms with van der Waals surface area (Å²) in [4.78, 5) is 42.4. The van der Waals surface area contributed by atoms with E-state index in [9.17, 15) is 14.4 Å². The first-order valence-electron chi connectivity index (χ1n) is 6.04. The van der Waals surface area contributed by atoms with Crippen LogP contribution in [-0.4, -0.2) is 36.0 Å². The third kappa shape index (κ3) is 2.97. The number of amides is 1. The molecule has 1 aromatic carbocycles. The maximum atomic E-state index is 12.3. The van der Waals surface area contributed by atoms with Crippen LogP contribution < -0.4 is 10.5 Å². The molecule has 0 aliphatic heterocycles. The van der Waals surface area contributed by atoms with E-state index >= 15 is 0 Å². The Balaban J connectivity index is 2.38. The van der Waals surface area contributed by atoms with E-state index in [0.717, 1.165) is 6.20 Å². The zero-order valence-electron chi connectivity index (χ0n) is 11.5. The van der Waals surface area contributed by atoms with E-state index in [-0.39, 0.29) is 11.3 Å². The molecular weight excluding hydrogens is 274 g/mol. The van der Waals surface area contributed by atoms with Crippen molar-refractivity contribution in [3.8, 4) is 0 Å². The smallest absolute Gasteiger partial charge is 0.339 e. The minimum atomic E-state index is -0.542. The SMILES string of the molecule is COC(=O)c1ccccc1N(C)C(=O)c1c[nH]c(=O)cn1. The predicted molar refractivity (Wildman–Crippen MR) is 75.4 cm³/mol. The number of aromatic nitrogens is 2. The number of nitrogens with zero attached hydrogens (tertiary/aromatic N) is 2. The van der Waals surface area contributed by atoms with Crippen LogP contribution in [-0.2, 0) is 4.74 Å². The van der Waals surface area contributed by atoms with Crippen LogP contribution in [0.1, 0.15) is 20.8 Å². The van der Waals surface area contributed by atoms with Crippen LogP contribution in [0.4, 0.5) is 5.69 Å². The third-order valence-electron chi connectivity index (χ3n) is 2.87. The average molecular weight is 287 g/mol. The van der Waals surface area contributed by atoms with Crippen molar-refractivity contribution in [1.82, 2.24) is 9.97 Å². The number of rotatable bonds is 3. The molecule has 2 rings (SSSR count). The van der Waals surface area contributed by atoms with Crippen molar-refractivity contribution in [3.63, 3.8) is 0 Å². The molecule has 0 aliphatic rings. The van der Waals surface area contributed by atoms with Gasteiger partial charge in [-0.25, -0.2) is 9.78 Å². The number of esters is 1. The van der Waals surface area contributed by atoms with Crippen LogP contribution in [0, 0.1) is 0 Å². The molecule has 0 fully saturated rings. The monoisotopic (exact) mass is 287 g/mol. The lowest BCUT2D eigenvalue weighted by molar-refractivity contribution is 0.0601. The molecule has 1 amide bonds. The molecule has 21 heavy (non-hydrogen) atoms. The quantitative estimate of drug-likeness (QED) is 0.844. The van der Waals surface area contributed by atoms with Gasteiger partial charge in [0.05, 0.1) is 24.6 Å². The highest BCUT2D eigenvalue weighted by atomic mass is 16.5. The number of H-pyrrole nitrogens is 1. The summed E-state index contributed by atoms with van der Waals surface area (Å²) >= 11 is 0. The fourth-order valence-corrected chi connectivity index (χ4v) is 1.79. The van der Waals surface area contributed by atoms with Gasteiger partial charge in [-0.05, 0) is 12.1 Å². The normalized spacial score (nSPS) is 10.0. The van der Waals surface area contributed by atoms with E-state index in [4.69, 9.17) is 0 Å². The Labute approximate surface area is 120 Å². The van der Waals surface area contributed by atoms with E-state index in [1.807, 2.05) is 0 Å². The van der Waals surface area contributed by atoms with Crippen LogP contribution in [0.15, 0.2) is 41.5 Å². The second-order valence-electron chi connectivity index (χ2n) is 4.17. The zero-order chi connectivity index (χ0) is 15.4. The number of aromatic amines is 1. The van der Waals surface area contributed by atoms with Gasteiger partial charge in [0.25, 0.3) is 11.5 Å². The maximum Gasteiger partial charge on any atom is 0.339 e. The van der Waals surface area contributed by atoms with Gasteiger partial charge in [-0.3, -0.25) is 9.59 Å². The first kappa shape index (κ1) is 14.4. The molecule has 0 atom stereocenters. The van der Waals surface area contributed by atoms with Crippen molar-refractivity contribution in [2.24, 2.45) is 0 Å². The molecule has 7 heteroatoms. The number of hydrogen-bond acceptors (Lipinski definition) is 5. The maximum absolute atomic E-state index is 12.3. The lowest BCUT2D eigenvalue weighted by atomic mass is 10.1. The van der Waals surface area contributed by atoms with Gasteiger partial charge >= 0.3 is 5.97 Å². The molecule has 0 aliphatic carbocycles. The van der Waals surface area contributed by atoms with Crippen molar-refractivity contribution in [2.45, 2.75) is 0 Å². The van der Waals surface area contributed by atoms with Gasteiger partial charge in [-0.1, -0.05) is 12.1 Å². The summed E-state index contributed by atoms with van der Waals surface area (Å²) in [6, 6.07) is 6.55. The van der Waals surface area contributed by atoms with Gasteiger partial charge in [0.1, 0.15) is 5.69 Å². The Morgan fingerprint density at radius 2 is 2.00 bits per heavy atom. The van der Waals surface area contributed by atoms with E-state index in [0.29, 0.717) is 5.69 Å². The highest BCUT2D eigenvalue weighted by Gasteiger charge is 2.20. The first-order chi connectivity index (χ1) is 10.0. The van der Waals surface area contributed by atoms with Crippen molar-refractivity contribution >= 4 is 17.6 Å². The Kier molecular flexibility index (Phi) is 4.13. The van der Waals surface area contributed by atoms with Crippen LogP contribution in [0.5, 0.6) is 0 Å². The third-order valence-corrected chi connectivity index (χ3v) is 2.87. The number of methoxy groups -OCH3 is 1. The molecular formula is C14H13N3O4. The van der Waals surface area contributed by atoms with Gasteiger partial charge in [0.15, 0.2) is 0 Å². The predicted octanol–water partition coefficient (Wildman–Crippen LogP) is 0.833. The van der Waals surface area contributed by atoms with Gasteiger partial charge < -0.3 is 14.6 Å². The second-order valence-corrected chi connectivity index (χ2v) is 4.17. The zero-order valence-corrected chi connectivity index (χ0v) is 11.5. The Morgan fingerprint density at radius 3 is 2.62 bits per heavy atom. The molecule has 7 nitrogen and oxygen atoms in total. The average Bonchev–Trinajstić information content (AvgIpc) is 2.53. The molecule has 1 heterocycles. The number of hydrogen-bond donors (Lipinski definition) is 1. The standard InChI is InChI=1S/C14H13N3O4/c1-17(13(19)10-7-16-12(18)8-15-10)11-6-4-3-5-9(11)14(20)21-2/h3-8H,1-2H3,(H,16,18). The Morgan fingerprint density at radius 1 is 1.29 bits per heavy atom. The molecule has 108 valence electrons. The largest absolute Gasteiger partial charge is 0.465 e. The van der Waals surface area contributed by atoms with Gasteiger partial charge in [0, 0.05) is 13.2 Å². The number of anilines is 1. The highest BCUT2D eigenvalue weighted by Crippen LogP contribution is 2.21. The molecule has 0 radical (unpaired) electrons. The number of nitrogens with one attached hydrogen (secondary N) is 1. The van der Waals surface area contributed by atoms with Crippen LogP contribution >= 0.6 is 0 Å². The fourth-order valence-electron chi connectivity index (χ4n) is 1.79. The van der Waals surface area contributed by atoms with E-state index in [2.05, 4.69) is 14.7 Å². The number of carbonyl (C=O) groups is 2. The second kappa shape index (κ2) is 6.00. The molecule has 1 aromatic heterocycles. The summed E-state index contributed by atoms with van der Waals surface area (Å²) in [5, 5.41) is 0. The lowest BCUT2D eigenvalue weighted by Gasteiger charge is -2.19. The lowest BCUT2D eigenvalue weighted by Crippen LogP contribution is -2.29. The molecule has 2 aromatic rings. The minimum Gasteiger partial charge on any atom is -0.465 e. The Hall–Kier alpha value is -2.96. The number of carbonyl (C=O) groups excluding carboxylic acids is 2.